The fourth-order valence-corrected chi connectivity index (χ4v) is 2.39. The minimum atomic E-state index is -4.46. The van der Waals surface area contributed by atoms with E-state index in [4.69, 9.17) is 0 Å². The molecule has 1 aliphatic heterocycles. The molecule has 1 saturated heterocycles. The van der Waals surface area contributed by atoms with Gasteiger partial charge in [-0.1, -0.05) is 24.3 Å². The molecule has 0 spiro atoms. The molecule has 0 radical (unpaired) electrons. The highest BCUT2D eigenvalue weighted by Gasteiger charge is 2.51. The van der Waals surface area contributed by atoms with Crippen molar-refractivity contribution in [1.29, 1.82) is 0 Å². The predicted molar refractivity (Wildman–Crippen MR) is 68.6 cm³/mol. The Morgan fingerprint density at radius 3 is 2.35 bits per heavy atom. The van der Waals surface area contributed by atoms with E-state index in [1.54, 1.807) is 39.0 Å². The van der Waals surface area contributed by atoms with E-state index in [0.29, 0.717) is 5.56 Å². The van der Waals surface area contributed by atoms with Crippen molar-refractivity contribution in [3.8, 4) is 0 Å². The van der Waals surface area contributed by atoms with E-state index in [1.165, 1.54) is 6.07 Å². The molecule has 1 aromatic carbocycles. The summed E-state index contributed by atoms with van der Waals surface area (Å²) in [7, 11) is 0. The number of hydrazine groups is 1. The SMILES string of the molecule is Cc1ccccc1C(N1CC(C)(C)C(=O)N1)C(F)(F)F. The summed E-state index contributed by atoms with van der Waals surface area (Å²) in [6.45, 7) is 4.92. The number of hydrogen-bond donors (Lipinski definition) is 1. The molecule has 1 N–H and O–H groups in total. The highest BCUT2D eigenvalue weighted by Crippen LogP contribution is 2.41. The first kappa shape index (κ1) is 14.8. The smallest absolute Gasteiger partial charge is 0.287 e. The first-order valence-corrected chi connectivity index (χ1v) is 6.33. The van der Waals surface area contributed by atoms with Gasteiger partial charge in [0, 0.05) is 6.54 Å². The highest BCUT2D eigenvalue weighted by molar-refractivity contribution is 5.83. The molecule has 1 heterocycles. The lowest BCUT2D eigenvalue weighted by Crippen LogP contribution is -2.43. The van der Waals surface area contributed by atoms with Crippen LogP contribution in [0.15, 0.2) is 24.3 Å². The van der Waals surface area contributed by atoms with Crippen LogP contribution in [0.4, 0.5) is 13.2 Å². The number of halogens is 3. The van der Waals surface area contributed by atoms with Crippen molar-refractivity contribution in [3.63, 3.8) is 0 Å². The molecule has 1 aliphatic rings. The van der Waals surface area contributed by atoms with Gasteiger partial charge < -0.3 is 0 Å². The van der Waals surface area contributed by atoms with Crippen molar-refractivity contribution in [3.05, 3.63) is 35.4 Å². The molecule has 1 atom stereocenters. The molecule has 0 aliphatic carbocycles. The Kier molecular flexibility index (Phi) is 3.54. The second-order valence-electron chi connectivity index (χ2n) is 5.75. The molecule has 0 saturated carbocycles. The van der Waals surface area contributed by atoms with Gasteiger partial charge in [-0.2, -0.15) is 13.2 Å². The van der Waals surface area contributed by atoms with Crippen LogP contribution >= 0.6 is 0 Å². The fourth-order valence-electron chi connectivity index (χ4n) is 2.39. The third-order valence-corrected chi connectivity index (χ3v) is 3.53. The monoisotopic (exact) mass is 286 g/mol. The summed E-state index contributed by atoms with van der Waals surface area (Å²) in [5, 5.41) is 0.991. The topological polar surface area (TPSA) is 32.3 Å². The van der Waals surface area contributed by atoms with Crippen LogP contribution in [0.3, 0.4) is 0 Å². The van der Waals surface area contributed by atoms with Crippen LogP contribution < -0.4 is 5.43 Å². The average Bonchev–Trinajstić information content (AvgIpc) is 2.54. The summed E-state index contributed by atoms with van der Waals surface area (Å²) < 4.78 is 40.3. The number of aryl methyl sites for hydroxylation is 1. The van der Waals surface area contributed by atoms with Crippen LogP contribution in [0.1, 0.15) is 31.0 Å². The van der Waals surface area contributed by atoms with Crippen molar-refractivity contribution in [2.45, 2.75) is 33.0 Å². The van der Waals surface area contributed by atoms with E-state index in [2.05, 4.69) is 5.43 Å². The van der Waals surface area contributed by atoms with Gasteiger partial charge in [0.2, 0.25) is 5.91 Å². The average molecular weight is 286 g/mol. The maximum atomic E-state index is 13.4. The first-order chi connectivity index (χ1) is 9.13. The molecule has 20 heavy (non-hydrogen) atoms. The Balaban J connectivity index is 2.41. The second kappa shape index (κ2) is 4.77. The summed E-state index contributed by atoms with van der Waals surface area (Å²) in [5.41, 5.74) is 2.24. The van der Waals surface area contributed by atoms with Gasteiger partial charge >= 0.3 is 6.18 Å². The lowest BCUT2D eigenvalue weighted by atomic mass is 9.93. The van der Waals surface area contributed by atoms with Crippen LogP contribution in [-0.2, 0) is 4.79 Å². The van der Waals surface area contributed by atoms with Gasteiger partial charge in [-0.15, -0.1) is 0 Å². The summed E-state index contributed by atoms with van der Waals surface area (Å²) >= 11 is 0. The largest absolute Gasteiger partial charge is 0.409 e. The lowest BCUT2D eigenvalue weighted by molar-refractivity contribution is -0.191. The van der Waals surface area contributed by atoms with Gasteiger partial charge in [-0.3, -0.25) is 10.2 Å². The molecular weight excluding hydrogens is 269 g/mol. The molecule has 2 rings (SSSR count). The van der Waals surface area contributed by atoms with Crippen molar-refractivity contribution >= 4 is 5.91 Å². The van der Waals surface area contributed by atoms with Crippen LogP contribution in [0, 0.1) is 12.3 Å². The number of rotatable bonds is 2. The number of benzene rings is 1. The van der Waals surface area contributed by atoms with E-state index < -0.39 is 17.6 Å². The van der Waals surface area contributed by atoms with Gasteiger partial charge in [0.15, 0.2) is 0 Å². The molecule has 1 aromatic rings. The molecule has 1 unspecified atom stereocenters. The quantitative estimate of drug-likeness (QED) is 0.906. The maximum Gasteiger partial charge on any atom is 0.409 e. The van der Waals surface area contributed by atoms with Gasteiger partial charge in [0.1, 0.15) is 6.04 Å². The van der Waals surface area contributed by atoms with Crippen LogP contribution in [0.2, 0.25) is 0 Å². The number of nitrogens with zero attached hydrogens (tertiary/aromatic N) is 1. The number of amides is 1. The van der Waals surface area contributed by atoms with Crippen LogP contribution in [-0.4, -0.2) is 23.6 Å². The zero-order valence-corrected chi connectivity index (χ0v) is 11.6. The van der Waals surface area contributed by atoms with E-state index in [-0.39, 0.29) is 18.0 Å². The van der Waals surface area contributed by atoms with Crippen molar-refractivity contribution in [2.24, 2.45) is 5.41 Å². The number of carbonyl (C=O) groups excluding carboxylic acids is 1. The van der Waals surface area contributed by atoms with Gasteiger partial charge in [-0.05, 0) is 31.9 Å². The Morgan fingerprint density at radius 1 is 1.30 bits per heavy atom. The lowest BCUT2D eigenvalue weighted by Gasteiger charge is -2.30. The normalized spacial score (nSPS) is 20.8. The van der Waals surface area contributed by atoms with E-state index >= 15 is 0 Å². The standard InChI is InChI=1S/C14H17F3N2O/c1-9-6-4-5-7-10(9)11(14(15,16)17)19-8-13(2,3)12(20)18-19/h4-7,11H,8H2,1-3H3,(H,18,20). The van der Waals surface area contributed by atoms with Gasteiger partial charge in [-0.25, -0.2) is 5.01 Å². The summed E-state index contributed by atoms with van der Waals surface area (Å²) in [6.07, 6.45) is -4.46. The Labute approximate surface area is 115 Å². The third kappa shape index (κ3) is 2.65. The van der Waals surface area contributed by atoms with Crippen molar-refractivity contribution in [1.82, 2.24) is 10.4 Å². The molecule has 0 bridgehead atoms. The maximum absolute atomic E-state index is 13.4. The summed E-state index contributed by atoms with van der Waals surface area (Å²) in [6, 6.07) is 4.53. The minimum absolute atomic E-state index is 0.0182. The van der Waals surface area contributed by atoms with Crippen molar-refractivity contribution in [2.75, 3.05) is 6.54 Å². The Morgan fingerprint density at radius 2 is 1.90 bits per heavy atom. The highest BCUT2D eigenvalue weighted by atomic mass is 19.4. The third-order valence-electron chi connectivity index (χ3n) is 3.53. The molecular formula is C14H17F3N2O. The number of alkyl halides is 3. The minimum Gasteiger partial charge on any atom is -0.287 e. The second-order valence-corrected chi connectivity index (χ2v) is 5.75. The number of carbonyl (C=O) groups is 1. The van der Waals surface area contributed by atoms with Crippen LogP contribution in [0.25, 0.3) is 0 Å². The summed E-state index contributed by atoms with van der Waals surface area (Å²) in [5.74, 6) is -0.389. The zero-order chi connectivity index (χ0) is 15.1. The van der Waals surface area contributed by atoms with Gasteiger partial charge in [0.25, 0.3) is 0 Å². The zero-order valence-electron chi connectivity index (χ0n) is 11.6. The fraction of sp³-hybridized carbons (Fsp3) is 0.500. The Bertz CT molecular complexity index is 525. The first-order valence-electron chi connectivity index (χ1n) is 6.33. The molecule has 110 valence electrons. The van der Waals surface area contributed by atoms with E-state index in [9.17, 15) is 18.0 Å². The Hall–Kier alpha value is -1.56. The molecule has 1 amide bonds. The molecule has 3 nitrogen and oxygen atoms in total. The van der Waals surface area contributed by atoms with E-state index in [1.807, 2.05) is 0 Å². The number of nitrogens with one attached hydrogen (secondary N) is 1. The predicted octanol–water partition coefficient (Wildman–Crippen LogP) is 2.97. The molecule has 6 heteroatoms. The number of hydrogen-bond acceptors (Lipinski definition) is 2. The van der Waals surface area contributed by atoms with E-state index in [0.717, 1.165) is 5.01 Å². The van der Waals surface area contributed by atoms with Gasteiger partial charge in [0.05, 0.1) is 5.41 Å². The van der Waals surface area contributed by atoms with Crippen LogP contribution in [0.5, 0.6) is 0 Å². The summed E-state index contributed by atoms with van der Waals surface area (Å²) in [4.78, 5) is 11.7. The van der Waals surface area contributed by atoms with Crippen molar-refractivity contribution < 1.29 is 18.0 Å². The molecule has 1 fully saturated rings. The molecule has 0 aromatic heterocycles.